The normalized spacial score (nSPS) is 10.7. The molecule has 5 heteroatoms. The minimum absolute atomic E-state index is 0.276. The van der Waals surface area contributed by atoms with Gasteiger partial charge in [0.25, 0.3) is 5.56 Å². The first-order valence-electron chi connectivity index (χ1n) is 7.22. The number of hydrogen-bond acceptors (Lipinski definition) is 2. The number of nitrogens with zero attached hydrogens (tertiary/aromatic N) is 2. The first-order valence-corrected chi connectivity index (χ1v) is 8.01. The number of aromatic nitrogens is 2. The van der Waals surface area contributed by atoms with E-state index in [9.17, 15) is 9.59 Å². The molecule has 0 spiro atoms. The minimum atomic E-state index is -0.304. The van der Waals surface area contributed by atoms with Gasteiger partial charge < -0.3 is 0 Å². The van der Waals surface area contributed by atoms with Crippen molar-refractivity contribution in [1.82, 2.24) is 9.13 Å². The molecule has 1 aromatic heterocycles. The van der Waals surface area contributed by atoms with Crippen LogP contribution in [0, 0.1) is 0 Å². The van der Waals surface area contributed by atoms with Crippen LogP contribution < -0.4 is 11.2 Å². The maximum absolute atomic E-state index is 12.6. The second-order valence-electron chi connectivity index (χ2n) is 5.27. The molecular weight excluding hydrogens is 356 g/mol. The second kappa shape index (κ2) is 6.79. The van der Waals surface area contributed by atoms with Crippen molar-refractivity contribution in [2.75, 3.05) is 0 Å². The van der Waals surface area contributed by atoms with Crippen LogP contribution in [0.3, 0.4) is 0 Å². The Balaban J connectivity index is 1.96. The predicted octanol–water partition coefficient (Wildman–Crippen LogP) is 2.87. The van der Waals surface area contributed by atoms with Gasteiger partial charge in [0.1, 0.15) is 0 Å². The highest BCUT2D eigenvalue weighted by Crippen LogP contribution is 2.12. The third-order valence-corrected chi connectivity index (χ3v) is 4.06. The van der Waals surface area contributed by atoms with Gasteiger partial charge in [0.2, 0.25) is 0 Å². The van der Waals surface area contributed by atoms with Gasteiger partial charge in [-0.2, -0.15) is 0 Å². The molecule has 0 atom stereocenters. The highest BCUT2D eigenvalue weighted by Gasteiger charge is 2.07. The Morgan fingerprint density at radius 3 is 2.30 bits per heavy atom. The van der Waals surface area contributed by atoms with Gasteiger partial charge in [-0.15, -0.1) is 0 Å². The SMILES string of the molecule is O=c1ccn(Cc2cccc(Br)c2)c(=O)n1Cc1ccccc1. The molecule has 3 rings (SSSR count). The summed E-state index contributed by atoms with van der Waals surface area (Å²) in [7, 11) is 0. The number of benzene rings is 2. The van der Waals surface area contributed by atoms with Crippen LogP contribution in [0.25, 0.3) is 0 Å². The van der Waals surface area contributed by atoms with Gasteiger partial charge in [-0.05, 0) is 23.3 Å². The van der Waals surface area contributed by atoms with Crippen molar-refractivity contribution in [1.29, 1.82) is 0 Å². The maximum atomic E-state index is 12.6. The van der Waals surface area contributed by atoms with Crippen LogP contribution in [0.5, 0.6) is 0 Å². The molecule has 0 aliphatic carbocycles. The maximum Gasteiger partial charge on any atom is 0.331 e. The summed E-state index contributed by atoms with van der Waals surface area (Å²) in [6, 6.07) is 18.7. The van der Waals surface area contributed by atoms with E-state index in [0.717, 1.165) is 15.6 Å². The van der Waals surface area contributed by atoms with E-state index in [2.05, 4.69) is 15.9 Å². The van der Waals surface area contributed by atoms with Gasteiger partial charge in [-0.1, -0.05) is 58.4 Å². The van der Waals surface area contributed by atoms with Gasteiger partial charge in [0, 0.05) is 16.7 Å². The quantitative estimate of drug-likeness (QED) is 0.708. The van der Waals surface area contributed by atoms with Crippen molar-refractivity contribution in [3.05, 3.63) is 103 Å². The molecule has 3 aromatic rings. The lowest BCUT2D eigenvalue weighted by atomic mass is 10.2. The van der Waals surface area contributed by atoms with Crippen LogP contribution in [-0.4, -0.2) is 9.13 Å². The Kier molecular flexibility index (Phi) is 4.57. The van der Waals surface area contributed by atoms with E-state index in [4.69, 9.17) is 0 Å². The molecular formula is C18H15BrN2O2. The van der Waals surface area contributed by atoms with Gasteiger partial charge in [-0.25, -0.2) is 4.79 Å². The number of hydrogen-bond donors (Lipinski definition) is 0. The van der Waals surface area contributed by atoms with Crippen molar-refractivity contribution >= 4 is 15.9 Å². The van der Waals surface area contributed by atoms with Crippen LogP contribution in [0.4, 0.5) is 0 Å². The molecule has 23 heavy (non-hydrogen) atoms. The van der Waals surface area contributed by atoms with Crippen LogP contribution >= 0.6 is 15.9 Å². The second-order valence-corrected chi connectivity index (χ2v) is 6.18. The molecule has 0 radical (unpaired) electrons. The van der Waals surface area contributed by atoms with Gasteiger partial charge in [-0.3, -0.25) is 13.9 Å². The molecule has 116 valence electrons. The summed E-state index contributed by atoms with van der Waals surface area (Å²) >= 11 is 3.42. The highest BCUT2D eigenvalue weighted by atomic mass is 79.9. The summed E-state index contributed by atoms with van der Waals surface area (Å²) in [6.07, 6.45) is 1.55. The van der Waals surface area contributed by atoms with E-state index in [-0.39, 0.29) is 17.8 Å². The molecule has 0 saturated heterocycles. The lowest BCUT2D eigenvalue weighted by Crippen LogP contribution is -2.39. The van der Waals surface area contributed by atoms with Crippen molar-refractivity contribution in [2.45, 2.75) is 13.1 Å². The lowest BCUT2D eigenvalue weighted by molar-refractivity contribution is 0.612. The van der Waals surface area contributed by atoms with Crippen LogP contribution in [-0.2, 0) is 13.1 Å². The summed E-state index contributed by atoms with van der Waals surface area (Å²) in [5, 5.41) is 0. The number of halogens is 1. The fourth-order valence-corrected chi connectivity index (χ4v) is 2.87. The van der Waals surface area contributed by atoms with Crippen LogP contribution in [0.1, 0.15) is 11.1 Å². The van der Waals surface area contributed by atoms with Crippen molar-refractivity contribution in [2.24, 2.45) is 0 Å². The summed E-state index contributed by atoms with van der Waals surface area (Å²) in [5.74, 6) is 0. The van der Waals surface area contributed by atoms with Gasteiger partial charge in [0.15, 0.2) is 0 Å². The van der Waals surface area contributed by atoms with E-state index < -0.39 is 0 Å². The summed E-state index contributed by atoms with van der Waals surface area (Å²) in [5.41, 5.74) is 1.32. The predicted molar refractivity (Wildman–Crippen MR) is 93.8 cm³/mol. The fourth-order valence-electron chi connectivity index (χ4n) is 2.42. The molecule has 0 unspecified atom stereocenters. The minimum Gasteiger partial charge on any atom is -0.296 e. The Labute approximate surface area is 141 Å². The standard InChI is InChI=1S/C18H15BrN2O2/c19-16-8-4-7-15(11-16)12-20-10-9-17(22)21(18(20)23)13-14-5-2-1-3-6-14/h1-11H,12-13H2. The van der Waals surface area contributed by atoms with E-state index in [1.165, 1.54) is 10.6 Å². The molecule has 1 heterocycles. The zero-order chi connectivity index (χ0) is 16.2. The topological polar surface area (TPSA) is 44.0 Å². The fraction of sp³-hybridized carbons (Fsp3) is 0.111. The third kappa shape index (κ3) is 3.68. The lowest BCUT2D eigenvalue weighted by Gasteiger charge is -2.10. The van der Waals surface area contributed by atoms with E-state index in [0.29, 0.717) is 6.54 Å². The van der Waals surface area contributed by atoms with Crippen molar-refractivity contribution in [3.8, 4) is 0 Å². The molecule has 0 fully saturated rings. The molecule has 0 bridgehead atoms. The monoisotopic (exact) mass is 370 g/mol. The zero-order valence-electron chi connectivity index (χ0n) is 12.4. The molecule has 0 aliphatic rings. The Morgan fingerprint density at radius 2 is 1.57 bits per heavy atom. The first-order chi connectivity index (χ1) is 11.1. The van der Waals surface area contributed by atoms with E-state index in [1.54, 1.807) is 10.8 Å². The molecule has 4 nitrogen and oxygen atoms in total. The largest absolute Gasteiger partial charge is 0.331 e. The molecule has 0 aliphatic heterocycles. The van der Waals surface area contributed by atoms with E-state index >= 15 is 0 Å². The average molecular weight is 371 g/mol. The molecule has 0 N–H and O–H groups in total. The van der Waals surface area contributed by atoms with Crippen LogP contribution in [0.2, 0.25) is 0 Å². The van der Waals surface area contributed by atoms with Gasteiger partial charge >= 0.3 is 5.69 Å². The molecule has 2 aromatic carbocycles. The van der Waals surface area contributed by atoms with Crippen molar-refractivity contribution < 1.29 is 0 Å². The summed E-state index contributed by atoms with van der Waals surface area (Å²) in [4.78, 5) is 24.6. The first kappa shape index (κ1) is 15.5. The smallest absolute Gasteiger partial charge is 0.296 e. The van der Waals surface area contributed by atoms with Gasteiger partial charge in [0.05, 0.1) is 13.1 Å². The Morgan fingerprint density at radius 1 is 0.826 bits per heavy atom. The van der Waals surface area contributed by atoms with E-state index in [1.807, 2.05) is 54.6 Å². The van der Waals surface area contributed by atoms with Crippen LogP contribution in [0.15, 0.2) is 80.9 Å². The molecule has 0 saturated carbocycles. The highest BCUT2D eigenvalue weighted by molar-refractivity contribution is 9.10. The summed E-state index contributed by atoms with van der Waals surface area (Å²) < 4.78 is 3.76. The average Bonchev–Trinajstić information content (AvgIpc) is 2.55. The molecule has 0 amide bonds. The zero-order valence-corrected chi connectivity index (χ0v) is 13.9. The number of rotatable bonds is 4. The van der Waals surface area contributed by atoms with Crippen molar-refractivity contribution in [3.63, 3.8) is 0 Å². The summed E-state index contributed by atoms with van der Waals surface area (Å²) in [6.45, 7) is 0.700. The Hall–Kier alpha value is -2.40. The third-order valence-electron chi connectivity index (χ3n) is 3.57. The Bertz CT molecular complexity index is 929.